The standard InChI is InChI=1S/C12H16O2/c1-3-12(2)6-4-10-11(5-7-12)14-9-8-13-10/h4-7H,3,8-9H2,1-2H3. The van der Waals surface area contributed by atoms with Crippen molar-refractivity contribution in [2.45, 2.75) is 20.3 Å². The highest BCUT2D eigenvalue weighted by molar-refractivity contribution is 5.32. The fourth-order valence-electron chi connectivity index (χ4n) is 1.53. The number of ether oxygens (including phenoxy) is 2. The number of hydrogen-bond acceptors (Lipinski definition) is 2. The largest absolute Gasteiger partial charge is 0.486 e. The molecule has 0 saturated heterocycles. The van der Waals surface area contributed by atoms with Gasteiger partial charge in [-0.05, 0) is 18.6 Å². The first-order valence-corrected chi connectivity index (χ1v) is 5.12. The molecule has 0 amide bonds. The topological polar surface area (TPSA) is 18.5 Å². The number of hydrogen-bond donors (Lipinski definition) is 0. The summed E-state index contributed by atoms with van der Waals surface area (Å²) in [5, 5.41) is 0. The van der Waals surface area contributed by atoms with Crippen LogP contribution in [0, 0.1) is 5.41 Å². The summed E-state index contributed by atoms with van der Waals surface area (Å²) < 4.78 is 11.0. The van der Waals surface area contributed by atoms with Crippen LogP contribution in [0.5, 0.6) is 0 Å². The van der Waals surface area contributed by atoms with Gasteiger partial charge < -0.3 is 9.47 Å². The normalized spacial score (nSPS) is 23.6. The Labute approximate surface area is 84.9 Å². The van der Waals surface area contributed by atoms with Gasteiger partial charge in [-0.25, -0.2) is 0 Å². The Morgan fingerprint density at radius 2 is 1.64 bits per heavy atom. The molecule has 0 aromatic rings. The quantitative estimate of drug-likeness (QED) is 0.636. The third kappa shape index (κ3) is 1.69. The van der Waals surface area contributed by atoms with Gasteiger partial charge in [-0.2, -0.15) is 0 Å². The second-order valence-electron chi connectivity index (χ2n) is 3.95. The summed E-state index contributed by atoms with van der Waals surface area (Å²) in [6, 6.07) is 0. The van der Waals surface area contributed by atoms with E-state index in [1.54, 1.807) is 0 Å². The lowest BCUT2D eigenvalue weighted by Gasteiger charge is -2.17. The maximum absolute atomic E-state index is 5.52. The van der Waals surface area contributed by atoms with Gasteiger partial charge in [0, 0.05) is 5.41 Å². The summed E-state index contributed by atoms with van der Waals surface area (Å²) in [6.45, 7) is 5.69. The van der Waals surface area contributed by atoms with E-state index in [4.69, 9.17) is 9.47 Å². The Kier molecular flexibility index (Phi) is 2.36. The van der Waals surface area contributed by atoms with Crippen molar-refractivity contribution in [3.8, 4) is 0 Å². The Morgan fingerprint density at radius 1 is 1.14 bits per heavy atom. The molecular weight excluding hydrogens is 176 g/mol. The molecule has 1 aliphatic heterocycles. The minimum absolute atomic E-state index is 0.129. The van der Waals surface area contributed by atoms with E-state index in [0.717, 1.165) is 17.9 Å². The van der Waals surface area contributed by atoms with Crippen LogP contribution in [0.15, 0.2) is 35.8 Å². The summed E-state index contributed by atoms with van der Waals surface area (Å²) in [7, 11) is 0. The molecule has 1 aliphatic carbocycles. The maximum atomic E-state index is 5.52. The monoisotopic (exact) mass is 192 g/mol. The molecule has 0 unspecified atom stereocenters. The van der Waals surface area contributed by atoms with E-state index in [-0.39, 0.29) is 5.41 Å². The molecule has 1 heterocycles. The second-order valence-corrected chi connectivity index (χ2v) is 3.95. The van der Waals surface area contributed by atoms with Crippen molar-refractivity contribution in [2.75, 3.05) is 13.2 Å². The molecule has 2 aliphatic rings. The minimum Gasteiger partial charge on any atom is -0.486 e. The summed E-state index contributed by atoms with van der Waals surface area (Å²) in [5.41, 5.74) is 0.129. The molecule has 0 bridgehead atoms. The lowest BCUT2D eigenvalue weighted by molar-refractivity contribution is 0.0771. The van der Waals surface area contributed by atoms with Gasteiger partial charge in [0.2, 0.25) is 0 Å². The molecule has 0 radical (unpaired) electrons. The van der Waals surface area contributed by atoms with Crippen LogP contribution < -0.4 is 0 Å². The van der Waals surface area contributed by atoms with Crippen LogP contribution in [0.25, 0.3) is 0 Å². The fourth-order valence-corrected chi connectivity index (χ4v) is 1.53. The average Bonchev–Trinajstić information content (AvgIpc) is 2.40. The minimum atomic E-state index is 0.129. The highest BCUT2D eigenvalue weighted by Gasteiger charge is 2.20. The third-order valence-electron chi connectivity index (χ3n) is 2.83. The van der Waals surface area contributed by atoms with Crippen LogP contribution in [0.2, 0.25) is 0 Å². The fraction of sp³-hybridized carbons (Fsp3) is 0.500. The van der Waals surface area contributed by atoms with E-state index in [1.807, 2.05) is 12.2 Å². The van der Waals surface area contributed by atoms with Gasteiger partial charge in [0.1, 0.15) is 13.2 Å². The first-order valence-electron chi connectivity index (χ1n) is 5.12. The lowest BCUT2D eigenvalue weighted by atomic mass is 9.87. The van der Waals surface area contributed by atoms with Crippen LogP contribution in [0.4, 0.5) is 0 Å². The third-order valence-corrected chi connectivity index (χ3v) is 2.83. The first-order chi connectivity index (χ1) is 6.73. The molecule has 0 atom stereocenters. The van der Waals surface area contributed by atoms with Crippen LogP contribution in [-0.2, 0) is 9.47 Å². The molecule has 0 aromatic carbocycles. The zero-order valence-electron chi connectivity index (χ0n) is 8.75. The van der Waals surface area contributed by atoms with Crippen molar-refractivity contribution in [3.05, 3.63) is 35.8 Å². The van der Waals surface area contributed by atoms with Crippen molar-refractivity contribution >= 4 is 0 Å². The molecule has 2 nitrogen and oxygen atoms in total. The van der Waals surface area contributed by atoms with Gasteiger partial charge in [0.05, 0.1) is 0 Å². The Morgan fingerprint density at radius 3 is 2.07 bits per heavy atom. The maximum Gasteiger partial charge on any atom is 0.161 e. The first kappa shape index (κ1) is 9.38. The van der Waals surface area contributed by atoms with Crippen LogP contribution >= 0.6 is 0 Å². The second kappa shape index (κ2) is 3.52. The van der Waals surface area contributed by atoms with E-state index in [9.17, 15) is 0 Å². The molecule has 2 rings (SSSR count). The van der Waals surface area contributed by atoms with E-state index < -0.39 is 0 Å². The van der Waals surface area contributed by atoms with Crippen LogP contribution in [0.3, 0.4) is 0 Å². The van der Waals surface area contributed by atoms with Gasteiger partial charge in [-0.15, -0.1) is 0 Å². The summed E-state index contributed by atoms with van der Waals surface area (Å²) >= 11 is 0. The summed E-state index contributed by atoms with van der Waals surface area (Å²) in [5.74, 6) is 1.73. The molecule has 0 N–H and O–H groups in total. The predicted molar refractivity (Wildman–Crippen MR) is 55.6 cm³/mol. The van der Waals surface area contributed by atoms with E-state index in [1.165, 1.54) is 0 Å². The molecule has 14 heavy (non-hydrogen) atoms. The van der Waals surface area contributed by atoms with Gasteiger partial charge >= 0.3 is 0 Å². The molecule has 2 heteroatoms. The summed E-state index contributed by atoms with van der Waals surface area (Å²) in [6.07, 6.45) is 9.50. The summed E-state index contributed by atoms with van der Waals surface area (Å²) in [4.78, 5) is 0. The molecule has 0 fully saturated rings. The smallest absolute Gasteiger partial charge is 0.161 e. The average molecular weight is 192 g/mol. The van der Waals surface area contributed by atoms with E-state index in [0.29, 0.717) is 13.2 Å². The Hall–Kier alpha value is -1.18. The predicted octanol–water partition coefficient (Wildman–Crippen LogP) is 2.79. The van der Waals surface area contributed by atoms with E-state index in [2.05, 4.69) is 26.0 Å². The van der Waals surface area contributed by atoms with Crippen LogP contribution in [0.1, 0.15) is 20.3 Å². The molecule has 76 valence electrons. The van der Waals surface area contributed by atoms with Crippen LogP contribution in [-0.4, -0.2) is 13.2 Å². The molecule has 0 spiro atoms. The zero-order chi connectivity index (χ0) is 10.0. The SMILES string of the molecule is CCC1(C)C=CC2=C(C=C1)OCCO2. The van der Waals surface area contributed by atoms with Crippen molar-refractivity contribution in [1.82, 2.24) is 0 Å². The highest BCUT2D eigenvalue weighted by atomic mass is 16.6. The molecular formula is C12H16O2. The van der Waals surface area contributed by atoms with Crippen molar-refractivity contribution in [2.24, 2.45) is 5.41 Å². The highest BCUT2D eigenvalue weighted by Crippen LogP contribution is 2.30. The Balaban J connectivity index is 2.29. The molecule has 0 aromatic heterocycles. The number of rotatable bonds is 1. The zero-order valence-corrected chi connectivity index (χ0v) is 8.75. The van der Waals surface area contributed by atoms with Gasteiger partial charge in [-0.3, -0.25) is 0 Å². The molecule has 0 saturated carbocycles. The van der Waals surface area contributed by atoms with Gasteiger partial charge in [0.15, 0.2) is 11.5 Å². The van der Waals surface area contributed by atoms with Crippen molar-refractivity contribution < 1.29 is 9.47 Å². The van der Waals surface area contributed by atoms with Gasteiger partial charge in [-0.1, -0.05) is 26.0 Å². The van der Waals surface area contributed by atoms with Crippen molar-refractivity contribution in [1.29, 1.82) is 0 Å². The Bertz CT molecular complexity index is 284. The van der Waals surface area contributed by atoms with Gasteiger partial charge in [0.25, 0.3) is 0 Å². The lowest BCUT2D eigenvalue weighted by Crippen LogP contribution is -2.11. The van der Waals surface area contributed by atoms with E-state index >= 15 is 0 Å². The number of allylic oxidation sites excluding steroid dienone is 4. The van der Waals surface area contributed by atoms with Crippen molar-refractivity contribution in [3.63, 3.8) is 0 Å².